The summed E-state index contributed by atoms with van der Waals surface area (Å²) >= 11 is 0. The molecular formula is C8H8F2O. The van der Waals surface area contributed by atoms with Crippen LogP contribution in [-0.2, 0) is 0 Å². The molecule has 1 aliphatic carbocycles. The van der Waals surface area contributed by atoms with Gasteiger partial charge in [0.25, 0.3) is 0 Å². The predicted molar refractivity (Wildman–Crippen MR) is 38.3 cm³/mol. The van der Waals surface area contributed by atoms with E-state index in [2.05, 4.69) is 0 Å². The molecule has 0 aromatic heterocycles. The fourth-order valence-corrected chi connectivity index (χ4v) is 0.804. The smallest absolute Gasteiger partial charge is 0.183 e. The second kappa shape index (κ2) is 2.86. The zero-order valence-corrected chi connectivity index (χ0v) is 6.06. The minimum Gasteiger partial charge on any atom is -0.503 e. The van der Waals surface area contributed by atoms with Crippen molar-refractivity contribution in [2.24, 2.45) is 0 Å². The molecule has 3 heteroatoms. The van der Waals surface area contributed by atoms with Gasteiger partial charge in [0.2, 0.25) is 0 Å². The third-order valence-corrected chi connectivity index (χ3v) is 1.44. The molecule has 0 atom stereocenters. The summed E-state index contributed by atoms with van der Waals surface area (Å²) in [5, 5.41) is 8.77. The third kappa shape index (κ3) is 1.67. The van der Waals surface area contributed by atoms with E-state index in [1.165, 1.54) is 6.08 Å². The summed E-state index contributed by atoms with van der Waals surface area (Å²) in [6.45, 7) is 1.64. The molecule has 0 spiro atoms. The highest BCUT2D eigenvalue weighted by Gasteiger charge is 2.12. The molecule has 0 aromatic carbocycles. The number of allylic oxidation sites excluding steroid dienone is 5. The Kier molecular flexibility index (Phi) is 2.08. The van der Waals surface area contributed by atoms with E-state index in [-0.39, 0.29) is 6.42 Å². The molecule has 0 aliphatic heterocycles. The molecule has 0 saturated carbocycles. The summed E-state index contributed by atoms with van der Waals surface area (Å²) in [4.78, 5) is 0. The van der Waals surface area contributed by atoms with Crippen LogP contribution in [0.5, 0.6) is 0 Å². The van der Waals surface area contributed by atoms with Crippen LogP contribution in [0.4, 0.5) is 8.78 Å². The summed E-state index contributed by atoms with van der Waals surface area (Å²) in [5.74, 6) is -2.61. The van der Waals surface area contributed by atoms with E-state index < -0.39 is 17.4 Å². The number of halogens is 2. The lowest BCUT2D eigenvalue weighted by Gasteiger charge is -1.94. The van der Waals surface area contributed by atoms with Gasteiger partial charge >= 0.3 is 0 Å². The van der Waals surface area contributed by atoms with Crippen LogP contribution in [0, 0.1) is 0 Å². The first-order chi connectivity index (χ1) is 5.11. The van der Waals surface area contributed by atoms with E-state index in [0.29, 0.717) is 5.57 Å². The van der Waals surface area contributed by atoms with Crippen LogP contribution in [-0.4, -0.2) is 5.11 Å². The Balaban J connectivity index is 3.05. The molecule has 1 rings (SSSR count). The summed E-state index contributed by atoms with van der Waals surface area (Å²) in [5.41, 5.74) is 0.613. The second-order valence-electron chi connectivity index (χ2n) is 2.40. The number of hydrogen-bond donors (Lipinski definition) is 1. The molecule has 0 radical (unpaired) electrons. The Morgan fingerprint density at radius 3 is 2.73 bits per heavy atom. The van der Waals surface area contributed by atoms with Gasteiger partial charge in [0, 0.05) is 6.42 Å². The first kappa shape index (κ1) is 7.98. The van der Waals surface area contributed by atoms with Gasteiger partial charge in [0.05, 0.1) is 0 Å². The lowest BCUT2D eigenvalue weighted by atomic mass is 10.2. The maximum absolute atomic E-state index is 12.6. The summed E-state index contributed by atoms with van der Waals surface area (Å²) in [6, 6.07) is 0. The van der Waals surface area contributed by atoms with Crippen molar-refractivity contribution in [3.63, 3.8) is 0 Å². The molecule has 0 unspecified atom stereocenters. The summed E-state index contributed by atoms with van der Waals surface area (Å²) in [6.07, 6.45) is 2.57. The van der Waals surface area contributed by atoms with Crippen LogP contribution in [0.3, 0.4) is 0 Å². The lowest BCUT2D eigenvalue weighted by Crippen LogP contribution is -1.84. The van der Waals surface area contributed by atoms with Gasteiger partial charge in [-0.15, -0.1) is 0 Å². The van der Waals surface area contributed by atoms with Crippen molar-refractivity contribution in [3.05, 3.63) is 35.1 Å². The van der Waals surface area contributed by atoms with Gasteiger partial charge in [-0.05, 0) is 13.0 Å². The monoisotopic (exact) mass is 158 g/mol. The fourth-order valence-electron chi connectivity index (χ4n) is 0.804. The van der Waals surface area contributed by atoms with Crippen LogP contribution in [0.15, 0.2) is 35.1 Å². The molecule has 0 bridgehead atoms. The van der Waals surface area contributed by atoms with Crippen molar-refractivity contribution < 1.29 is 13.9 Å². The van der Waals surface area contributed by atoms with Crippen molar-refractivity contribution in [1.29, 1.82) is 0 Å². The first-order valence-corrected chi connectivity index (χ1v) is 3.23. The minimum absolute atomic E-state index is 0.0401. The van der Waals surface area contributed by atoms with E-state index in [0.717, 1.165) is 6.08 Å². The van der Waals surface area contributed by atoms with Crippen LogP contribution in [0.25, 0.3) is 0 Å². The van der Waals surface area contributed by atoms with E-state index in [1.54, 1.807) is 6.92 Å². The largest absolute Gasteiger partial charge is 0.503 e. The molecule has 0 fully saturated rings. The number of rotatable bonds is 0. The van der Waals surface area contributed by atoms with E-state index >= 15 is 0 Å². The fraction of sp³-hybridized carbons (Fsp3) is 0.250. The maximum Gasteiger partial charge on any atom is 0.183 e. The van der Waals surface area contributed by atoms with Gasteiger partial charge < -0.3 is 5.11 Å². The molecule has 1 nitrogen and oxygen atoms in total. The van der Waals surface area contributed by atoms with Crippen molar-refractivity contribution in [1.82, 2.24) is 0 Å². The molecule has 11 heavy (non-hydrogen) atoms. The Morgan fingerprint density at radius 2 is 2.09 bits per heavy atom. The van der Waals surface area contributed by atoms with E-state index in [1.807, 2.05) is 0 Å². The van der Waals surface area contributed by atoms with Crippen molar-refractivity contribution in [2.75, 3.05) is 0 Å². The molecule has 1 aliphatic rings. The standard InChI is InChI=1S/C8H8F2O/c1-5-2-3-6(9)8(11)7(10)4-5/h2,4,11H,3H2,1H3. The third-order valence-electron chi connectivity index (χ3n) is 1.44. The molecule has 1 N–H and O–H groups in total. The topological polar surface area (TPSA) is 20.2 Å². The van der Waals surface area contributed by atoms with Gasteiger partial charge in [-0.2, -0.15) is 0 Å². The quantitative estimate of drug-likeness (QED) is 0.574. The molecular weight excluding hydrogens is 150 g/mol. The average Bonchev–Trinajstić information content (AvgIpc) is 2.05. The highest BCUT2D eigenvalue weighted by atomic mass is 19.1. The highest BCUT2D eigenvalue weighted by molar-refractivity contribution is 5.33. The normalized spacial score (nSPS) is 19.2. The number of hydrogen-bond acceptors (Lipinski definition) is 1. The van der Waals surface area contributed by atoms with E-state index in [4.69, 9.17) is 5.11 Å². The van der Waals surface area contributed by atoms with Crippen LogP contribution >= 0.6 is 0 Å². The highest BCUT2D eigenvalue weighted by Crippen LogP contribution is 2.23. The molecule has 0 amide bonds. The Bertz CT molecular complexity index is 261. The minimum atomic E-state index is -0.909. The molecule has 0 saturated heterocycles. The van der Waals surface area contributed by atoms with Crippen molar-refractivity contribution in [3.8, 4) is 0 Å². The summed E-state index contributed by atoms with van der Waals surface area (Å²) < 4.78 is 25.2. The Labute approximate surface area is 63.3 Å². The van der Waals surface area contributed by atoms with Gasteiger partial charge in [-0.1, -0.05) is 11.6 Å². The lowest BCUT2D eigenvalue weighted by molar-refractivity contribution is 0.360. The van der Waals surface area contributed by atoms with Crippen molar-refractivity contribution >= 4 is 0 Å². The first-order valence-electron chi connectivity index (χ1n) is 3.23. The zero-order valence-electron chi connectivity index (χ0n) is 6.06. The van der Waals surface area contributed by atoms with Gasteiger partial charge in [0.15, 0.2) is 11.6 Å². The van der Waals surface area contributed by atoms with E-state index in [9.17, 15) is 8.78 Å². The Hall–Kier alpha value is -1.12. The van der Waals surface area contributed by atoms with Gasteiger partial charge in [0.1, 0.15) is 5.83 Å². The second-order valence-corrected chi connectivity index (χ2v) is 2.40. The van der Waals surface area contributed by atoms with Gasteiger partial charge in [-0.25, -0.2) is 8.78 Å². The van der Waals surface area contributed by atoms with Crippen LogP contribution in [0.1, 0.15) is 13.3 Å². The molecule has 60 valence electrons. The van der Waals surface area contributed by atoms with Crippen LogP contribution in [0.2, 0.25) is 0 Å². The average molecular weight is 158 g/mol. The van der Waals surface area contributed by atoms with Crippen molar-refractivity contribution in [2.45, 2.75) is 13.3 Å². The zero-order chi connectivity index (χ0) is 8.43. The Morgan fingerprint density at radius 1 is 1.45 bits per heavy atom. The maximum atomic E-state index is 12.6. The molecule has 0 heterocycles. The number of aliphatic hydroxyl groups excluding tert-OH is 1. The SMILES string of the molecule is CC1=CCC(F)=C(O)C(F)=C1. The molecule has 0 aromatic rings. The van der Waals surface area contributed by atoms with Gasteiger partial charge in [-0.3, -0.25) is 0 Å². The van der Waals surface area contributed by atoms with Crippen LogP contribution < -0.4 is 0 Å². The summed E-state index contributed by atoms with van der Waals surface area (Å²) in [7, 11) is 0. The number of aliphatic hydroxyl groups is 1. The predicted octanol–water partition coefficient (Wildman–Crippen LogP) is 2.93.